The normalized spacial score (nSPS) is 17.2. The van der Waals surface area contributed by atoms with Crippen LogP contribution in [0.1, 0.15) is 44.9 Å². The molecule has 0 radical (unpaired) electrons. The van der Waals surface area contributed by atoms with Gasteiger partial charge in [-0.15, -0.1) is 0 Å². The van der Waals surface area contributed by atoms with Gasteiger partial charge < -0.3 is 14.4 Å². The van der Waals surface area contributed by atoms with Gasteiger partial charge in [0.25, 0.3) is 0 Å². The number of amides is 1. The predicted octanol–water partition coefficient (Wildman–Crippen LogP) is 5.41. The number of para-hydroxylation sites is 1. The fourth-order valence-corrected chi connectivity index (χ4v) is 4.92. The maximum Gasteiger partial charge on any atom is 0.410 e. The third-order valence-corrected chi connectivity index (χ3v) is 7.53. The average molecular weight is 471 g/mol. The molecule has 1 aliphatic rings. The van der Waals surface area contributed by atoms with Crippen LogP contribution in [-0.4, -0.2) is 54.1 Å². The third kappa shape index (κ3) is 7.05. The van der Waals surface area contributed by atoms with Crippen LogP contribution in [0, 0.1) is 17.2 Å². The minimum absolute atomic E-state index is 0.245. The molecule has 0 bridgehead atoms. The number of hydrogen-bond acceptors (Lipinski definition) is 5. The Labute approximate surface area is 198 Å². The summed E-state index contributed by atoms with van der Waals surface area (Å²) in [5, 5.41) is 15.5. The number of likely N-dealkylation sites (tertiary alicyclic amines) is 1. The standard InChI is InChI=1S/C25H38N4O3Si/c1-25(2,3)32-24(30)28-12-8-9-19(17-28)15-22-21-11-7-10-20(16-26)23(21)29(27-22)18-31-13-14-33(4,5)6/h7,10-11,19H,8-9,12-15,17-18H2,1-6H3/t19-/m1/s1. The largest absolute Gasteiger partial charge is 0.444 e. The molecular formula is C25H38N4O3Si. The molecule has 1 aromatic carbocycles. The summed E-state index contributed by atoms with van der Waals surface area (Å²) >= 11 is 0. The molecule has 0 aliphatic carbocycles. The third-order valence-electron chi connectivity index (χ3n) is 5.83. The lowest BCUT2D eigenvalue weighted by Gasteiger charge is -2.34. The molecule has 1 saturated heterocycles. The van der Waals surface area contributed by atoms with Crippen molar-refractivity contribution in [2.24, 2.45) is 5.92 Å². The van der Waals surface area contributed by atoms with Crippen LogP contribution in [0.3, 0.4) is 0 Å². The Bertz CT molecular complexity index is 1010. The van der Waals surface area contributed by atoms with E-state index in [-0.39, 0.29) is 6.09 Å². The highest BCUT2D eigenvalue weighted by Gasteiger charge is 2.29. The first-order chi connectivity index (χ1) is 15.5. The van der Waals surface area contributed by atoms with Gasteiger partial charge in [0.05, 0.1) is 16.8 Å². The molecule has 2 heterocycles. The molecule has 1 aromatic heterocycles. The van der Waals surface area contributed by atoms with E-state index in [2.05, 4.69) is 25.7 Å². The van der Waals surface area contributed by atoms with Crippen molar-refractivity contribution in [2.75, 3.05) is 19.7 Å². The van der Waals surface area contributed by atoms with E-state index in [0.29, 0.717) is 31.4 Å². The number of piperidine rings is 1. The number of benzene rings is 1. The Balaban J connectivity index is 1.76. The summed E-state index contributed by atoms with van der Waals surface area (Å²) in [6, 6.07) is 9.17. The molecule has 1 aliphatic heterocycles. The van der Waals surface area contributed by atoms with Gasteiger partial charge in [-0.1, -0.05) is 31.8 Å². The zero-order valence-electron chi connectivity index (χ0n) is 21.0. The lowest BCUT2D eigenvalue weighted by molar-refractivity contribution is 0.0165. The van der Waals surface area contributed by atoms with Gasteiger partial charge in [-0.2, -0.15) is 10.4 Å². The van der Waals surface area contributed by atoms with Crippen LogP contribution in [0.5, 0.6) is 0 Å². The number of rotatable bonds is 7. The monoisotopic (exact) mass is 470 g/mol. The van der Waals surface area contributed by atoms with Gasteiger partial charge in [0, 0.05) is 33.2 Å². The zero-order valence-corrected chi connectivity index (χ0v) is 22.0. The molecule has 33 heavy (non-hydrogen) atoms. The summed E-state index contributed by atoms with van der Waals surface area (Å²) in [5.74, 6) is 0.302. The molecule has 0 N–H and O–H groups in total. The highest BCUT2D eigenvalue weighted by atomic mass is 28.3. The Hall–Kier alpha value is -2.37. The fraction of sp³-hybridized carbons (Fsp3) is 0.640. The molecule has 0 saturated carbocycles. The Morgan fingerprint density at radius 3 is 2.73 bits per heavy atom. The van der Waals surface area contributed by atoms with Gasteiger partial charge in [-0.3, -0.25) is 0 Å². The van der Waals surface area contributed by atoms with Crippen LogP contribution in [0.25, 0.3) is 10.9 Å². The van der Waals surface area contributed by atoms with Gasteiger partial charge in [0.2, 0.25) is 0 Å². The van der Waals surface area contributed by atoms with Crippen molar-refractivity contribution in [1.82, 2.24) is 14.7 Å². The second kappa shape index (κ2) is 10.3. The Kier molecular flexibility index (Phi) is 7.86. The topological polar surface area (TPSA) is 80.4 Å². The van der Waals surface area contributed by atoms with E-state index < -0.39 is 13.7 Å². The highest BCUT2D eigenvalue weighted by Crippen LogP contribution is 2.28. The van der Waals surface area contributed by atoms with E-state index in [0.717, 1.165) is 48.4 Å². The quantitative estimate of drug-likeness (QED) is 0.399. The molecule has 2 aromatic rings. The predicted molar refractivity (Wildman–Crippen MR) is 133 cm³/mol. The van der Waals surface area contributed by atoms with Crippen molar-refractivity contribution in [2.45, 2.75) is 78.1 Å². The average Bonchev–Trinajstić information content (AvgIpc) is 3.07. The van der Waals surface area contributed by atoms with Crippen molar-refractivity contribution >= 4 is 25.1 Å². The molecule has 1 amide bonds. The number of carbonyl (C=O) groups is 1. The molecule has 180 valence electrons. The van der Waals surface area contributed by atoms with Crippen LogP contribution in [0.4, 0.5) is 4.79 Å². The Morgan fingerprint density at radius 1 is 1.30 bits per heavy atom. The number of hydrogen-bond donors (Lipinski definition) is 0. The summed E-state index contributed by atoms with van der Waals surface area (Å²) in [6.07, 6.45) is 2.50. The summed E-state index contributed by atoms with van der Waals surface area (Å²) in [4.78, 5) is 14.4. The van der Waals surface area contributed by atoms with Crippen LogP contribution >= 0.6 is 0 Å². The number of nitriles is 1. The number of aromatic nitrogens is 2. The molecule has 1 atom stereocenters. The van der Waals surface area contributed by atoms with E-state index in [4.69, 9.17) is 14.6 Å². The molecule has 0 spiro atoms. The van der Waals surface area contributed by atoms with E-state index >= 15 is 0 Å². The SMILES string of the molecule is CC(C)(C)OC(=O)N1CCC[C@H](Cc2nn(COCC[Si](C)(C)C)c3c(C#N)cccc23)C1. The van der Waals surface area contributed by atoms with Crippen LogP contribution < -0.4 is 0 Å². The van der Waals surface area contributed by atoms with Gasteiger partial charge in [-0.25, -0.2) is 9.48 Å². The molecule has 7 nitrogen and oxygen atoms in total. The first-order valence-corrected chi connectivity index (χ1v) is 15.6. The molecule has 3 rings (SSSR count). The minimum atomic E-state index is -1.17. The fourth-order valence-electron chi connectivity index (χ4n) is 4.17. The first-order valence-electron chi connectivity index (χ1n) is 11.9. The maximum absolute atomic E-state index is 12.6. The van der Waals surface area contributed by atoms with Gasteiger partial charge >= 0.3 is 6.09 Å². The summed E-state index contributed by atoms with van der Waals surface area (Å²) < 4.78 is 13.4. The second-order valence-corrected chi connectivity index (χ2v) is 16.9. The molecule has 0 unspecified atom stereocenters. The lowest BCUT2D eigenvalue weighted by atomic mass is 9.92. The van der Waals surface area contributed by atoms with Crippen molar-refractivity contribution in [3.63, 3.8) is 0 Å². The molecule has 8 heteroatoms. The summed E-state index contributed by atoms with van der Waals surface area (Å²) in [7, 11) is -1.17. The van der Waals surface area contributed by atoms with Gasteiger partial charge in [0.1, 0.15) is 18.4 Å². The zero-order chi connectivity index (χ0) is 24.2. The van der Waals surface area contributed by atoms with Crippen molar-refractivity contribution in [1.29, 1.82) is 5.26 Å². The lowest BCUT2D eigenvalue weighted by Crippen LogP contribution is -2.43. The Morgan fingerprint density at radius 2 is 2.06 bits per heavy atom. The van der Waals surface area contributed by atoms with E-state index in [1.165, 1.54) is 0 Å². The molecule has 1 fully saturated rings. The number of fused-ring (bicyclic) bond motifs is 1. The van der Waals surface area contributed by atoms with E-state index in [9.17, 15) is 10.1 Å². The maximum atomic E-state index is 12.6. The first kappa shape index (κ1) is 25.3. The smallest absolute Gasteiger partial charge is 0.410 e. The summed E-state index contributed by atoms with van der Waals surface area (Å²) in [5.41, 5.74) is 1.91. The van der Waals surface area contributed by atoms with Gasteiger partial charge in [-0.05, 0) is 58.1 Å². The van der Waals surface area contributed by atoms with Crippen molar-refractivity contribution < 1.29 is 14.3 Å². The molecular weight excluding hydrogens is 432 g/mol. The summed E-state index contributed by atoms with van der Waals surface area (Å²) in [6.45, 7) is 15.1. The number of ether oxygens (including phenoxy) is 2. The van der Waals surface area contributed by atoms with Gasteiger partial charge in [0.15, 0.2) is 0 Å². The van der Waals surface area contributed by atoms with Crippen LogP contribution in [-0.2, 0) is 22.6 Å². The van der Waals surface area contributed by atoms with Crippen molar-refractivity contribution in [3.05, 3.63) is 29.5 Å². The van der Waals surface area contributed by atoms with E-state index in [1.807, 2.05) is 48.6 Å². The van der Waals surface area contributed by atoms with E-state index in [1.54, 1.807) is 0 Å². The minimum Gasteiger partial charge on any atom is -0.444 e. The number of carbonyl (C=O) groups excluding carboxylic acids is 1. The van der Waals surface area contributed by atoms with Crippen LogP contribution in [0.15, 0.2) is 18.2 Å². The second-order valence-electron chi connectivity index (χ2n) is 11.2. The highest BCUT2D eigenvalue weighted by molar-refractivity contribution is 6.76. The number of nitrogens with zero attached hydrogens (tertiary/aromatic N) is 4. The van der Waals surface area contributed by atoms with Crippen LogP contribution in [0.2, 0.25) is 25.7 Å². The van der Waals surface area contributed by atoms with Crippen molar-refractivity contribution in [3.8, 4) is 6.07 Å².